The molecule has 2 amide bonds. The lowest BCUT2D eigenvalue weighted by Crippen LogP contribution is -2.36. The van der Waals surface area contributed by atoms with Gasteiger partial charge >= 0.3 is 12.1 Å². The maximum Gasteiger partial charge on any atom is 0.410 e. The van der Waals surface area contributed by atoms with Crippen molar-refractivity contribution < 1.29 is 23.9 Å². The van der Waals surface area contributed by atoms with Gasteiger partial charge in [0.25, 0.3) is 5.91 Å². The number of methoxy groups -OCH3 is 1. The van der Waals surface area contributed by atoms with Gasteiger partial charge in [-0.05, 0) is 47.0 Å². The number of esters is 1. The van der Waals surface area contributed by atoms with Crippen molar-refractivity contribution in [3.05, 3.63) is 36.8 Å². The van der Waals surface area contributed by atoms with Crippen molar-refractivity contribution in [1.29, 1.82) is 0 Å². The Morgan fingerprint density at radius 2 is 2.07 bits per heavy atom. The fourth-order valence-electron chi connectivity index (χ4n) is 2.78. The second kappa shape index (κ2) is 8.41. The van der Waals surface area contributed by atoms with Crippen molar-refractivity contribution in [2.45, 2.75) is 19.9 Å². The number of rotatable bonds is 4. The number of fused-ring (bicyclic) bond motifs is 1. The topological polar surface area (TPSA) is 84.9 Å². The molecule has 0 aliphatic carbocycles. The minimum absolute atomic E-state index is 0.295. The van der Waals surface area contributed by atoms with Crippen LogP contribution in [-0.2, 0) is 22.4 Å². The molecule has 1 aliphatic rings. The van der Waals surface area contributed by atoms with E-state index >= 15 is 0 Å². The maximum absolute atomic E-state index is 12.5. The van der Waals surface area contributed by atoms with Crippen molar-refractivity contribution in [3.63, 3.8) is 0 Å². The molecule has 0 bridgehead atoms. The molecule has 0 atom stereocenters. The van der Waals surface area contributed by atoms with Crippen LogP contribution in [0, 0.1) is 0 Å². The largest absolute Gasteiger partial charge is 0.465 e. The Morgan fingerprint density at radius 3 is 2.70 bits per heavy atom. The molecule has 2 aromatic heterocycles. The average molecular weight is 473 g/mol. The standard InChI is InChI=1S/C17H17BrN2O5S2/c1-3-25-17(23)20-7-6-9-11(8-20)27-15(13(9)16(22)24-2)19-14(21)10-4-5-12(18)26-10/h4-5H,3,6-8H2,1-2H3,(H,19,21). The first kappa shape index (κ1) is 19.8. The molecule has 0 saturated heterocycles. The van der Waals surface area contributed by atoms with E-state index in [2.05, 4.69) is 21.2 Å². The number of anilines is 1. The lowest BCUT2D eigenvalue weighted by atomic mass is 10.0. The lowest BCUT2D eigenvalue weighted by Gasteiger charge is -2.26. The van der Waals surface area contributed by atoms with Gasteiger partial charge in [-0.2, -0.15) is 0 Å². The van der Waals surface area contributed by atoms with Crippen LogP contribution in [0.1, 0.15) is 37.4 Å². The van der Waals surface area contributed by atoms with Crippen LogP contribution in [0.5, 0.6) is 0 Å². The molecule has 0 aromatic carbocycles. The minimum atomic E-state index is -0.500. The van der Waals surface area contributed by atoms with E-state index in [1.807, 2.05) is 0 Å². The first-order chi connectivity index (χ1) is 12.9. The molecule has 7 nitrogen and oxygen atoms in total. The summed E-state index contributed by atoms with van der Waals surface area (Å²) in [7, 11) is 1.31. The van der Waals surface area contributed by atoms with Gasteiger partial charge in [-0.15, -0.1) is 22.7 Å². The molecule has 3 rings (SSSR count). The molecule has 1 aliphatic heterocycles. The zero-order valence-corrected chi connectivity index (χ0v) is 17.9. The molecular formula is C17H17BrN2O5S2. The lowest BCUT2D eigenvalue weighted by molar-refractivity contribution is 0.0600. The van der Waals surface area contributed by atoms with Crippen molar-refractivity contribution >= 4 is 61.6 Å². The molecule has 0 unspecified atom stereocenters. The molecule has 1 N–H and O–H groups in total. The van der Waals surface area contributed by atoms with E-state index < -0.39 is 5.97 Å². The van der Waals surface area contributed by atoms with Crippen molar-refractivity contribution in [2.24, 2.45) is 0 Å². The van der Waals surface area contributed by atoms with Gasteiger partial charge in [-0.3, -0.25) is 4.79 Å². The summed E-state index contributed by atoms with van der Waals surface area (Å²) < 4.78 is 10.8. The number of thiophene rings is 2. The number of nitrogens with one attached hydrogen (secondary N) is 1. The van der Waals surface area contributed by atoms with E-state index in [-0.39, 0.29) is 12.0 Å². The SMILES string of the molecule is CCOC(=O)N1CCc2c(sc(NC(=O)c3ccc(Br)s3)c2C(=O)OC)C1. The number of hydrogen-bond acceptors (Lipinski definition) is 7. The molecule has 2 aromatic rings. The monoisotopic (exact) mass is 472 g/mol. The molecule has 0 fully saturated rings. The molecule has 0 radical (unpaired) electrons. The number of halogens is 1. The van der Waals surface area contributed by atoms with Gasteiger partial charge in [0.15, 0.2) is 0 Å². The van der Waals surface area contributed by atoms with Crippen LogP contribution >= 0.6 is 38.6 Å². The summed E-state index contributed by atoms with van der Waals surface area (Å²) in [4.78, 5) is 39.8. The summed E-state index contributed by atoms with van der Waals surface area (Å²) in [5.41, 5.74) is 1.18. The summed E-state index contributed by atoms with van der Waals surface area (Å²) in [6, 6.07) is 3.50. The van der Waals surface area contributed by atoms with Crippen molar-refractivity contribution in [2.75, 3.05) is 25.6 Å². The predicted molar refractivity (Wildman–Crippen MR) is 107 cm³/mol. The summed E-state index contributed by atoms with van der Waals surface area (Å²) in [6.07, 6.45) is 0.111. The Labute approximate surface area is 172 Å². The fraction of sp³-hybridized carbons (Fsp3) is 0.353. The average Bonchev–Trinajstić information content (AvgIpc) is 3.23. The van der Waals surface area contributed by atoms with E-state index in [0.717, 1.165) is 14.2 Å². The van der Waals surface area contributed by atoms with Crippen LogP contribution in [-0.4, -0.2) is 43.1 Å². The van der Waals surface area contributed by atoms with Gasteiger partial charge in [0.1, 0.15) is 5.00 Å². The second-order valence-electron chi connectivity index (χ2n) is 5.63. The molecular weight excluding hydrogens is 456 g/mol. The first-order valence-corrected chi connectivity index (χ1v) is 10.6. The highest BCUT2D eigenvalue weighted by molar-refractivity contribution is 9.11. The normalized spacial score (nSPS) is 13.1. The molecule has 0 spiro atoms. The first-order valence-electron chi connectivity index (χ1n) is 8.15. The van der Waals surface area contributed by atoms with Crippen LogP contribution in [0.3, 0.4) is 0 Å². The minimum Gasteiger partial charge on any atom is -0.465 e. The van der Waals surface area contributed by atoms with Gasteiger partial charge in [0.05, 0.1) is 34.5 Å². The van der Waals surface area contributed by atoms with E-state index in [1.165, 1.54) is 29.8 Å². The van der Waals surface area contributed by atoms with Gasteiger partial charge in [0.2, 0.25) is 0 Å². The maximum atomic E-state index is 12.5. The fourth-order valence-corrected chi connectivity index (χ4v) is 5.31. The second-order valence-corrected chi connectivity index (χ2v) is 9.20. The Hall–Kier alpha value is -1.91. The van der Waals surface area contributed by atoms with Crippen LogP contribution in [0.25, 0.3) is 0 Å². The van der Waals surface area contributed by atoms with Crippen LogP contribution in [0.15, 0.2) is 15.9 Å². The molecule has 0 saturated carbocycles. The van der Waals surface area contributed by atoms with E-state index in [9.17, 15) is 14.4 Å². The highest BCUT2D eigenvalue weighted by Crippen LogP contribution is 2.38. The van der Waals surface area contributed by atoms with Crippen LogP contribution in [0.4, 0.5) is 9.80 Å². The van der Waals surface area contributed by atoms with Crippen LogP contribution in [0.2, 0.25) is 0 Å². The molecule has 144 valence electrons. The number of hydrogen-bond donors (Lipinski definition) is 1. The number of nitrogens with zero attached hydrogens (tertiary/aromatic N) is 1. The molecule has 10 heteroatoms. The predicted octanol–water partition coefficient (Wildman–Crippen LogP) is 4.13. The molecule has 3 heterocycles. The van der Waals surface area contributed by atoms with Crippen molar-refractivity contribution in [3.8, 4) is 0 Å². The van der Waals surface area contributed by atoms with E-state index in [1.54, 1.807) is 24.0 Å². The quantitative estimate of drug-likeness (QED) is 0.676. The summed E-state index contributed by atoms with van der Waals surface area (Å²) in [5, 5.41) is 3.25. The van der Waals surface area contributed by atoms with Gasteiger partial charge in [-0.25, -0.2) is 9.59 Å². The Morgan fingerprint density at radius 1 is 1.30 bits per heavy atom. The third-order valence-corrected chi connectivity index (χ3v) is 6.75. The zero-order valence-electron chi connectivity index (χ0n) is 14.7. The number of carbonyl (C=O) groups is 3. The van der Waals surface area contributed by atoms with Gasteiger partial charge in [0, 0.05) is 11.4 Å². The molecule has 27 heavy (non-hydrogen) atoms. The third-order valence-electron chi connectivity index (χ3n) is 4.00. The highest BCUT2D eigenvalue weighted by Gasteiger charge is 2.31. The Balaban J connectivity index is 1.89. The van der Waals surface area contributed by atoms with Gasteiger partial charge < -0.3 is 19.7 Å². The van der Waals surface area contributed by atoms with Crippen LogP contribution < -0.4 is 5.32 Å². The van der Waals surface area contributed by atoms with E-state index in [4.69, 9.17) is 9.47 Å². The highest BCUT2D eigenvalue weighted by atomic mass is 79.9. The van der Waals surface area contributed by atoms with Crippen molar-refractivity contribution in [1.82, 2.24) is 4.90 Å². The Kier molecular flexibility index (Phi) is 6.18. The number of amides is 2. The zero-order chi connectivity index (χ0) is 19.6. The number of ether oxygens (including phenoxy) is 2. The summed E-state index contributed by atoms with van der Waals surface area (Å²) in [6.45, 7) is 2.84. The Bertz CT molecular complexity index is 892. The smallest absolute Gasteiger partial charge is 0.410 e. The number of carbonyl (C=O) groups excluding carboxylic acids is 3. The van der Waals surface area contributed by atoms with E-state index in [0.29, 0.717) is 41.6 Å². The summed E-state index contributed by atoms with van der Waals surface area (Å²) in [5.74, 6) is -0.795. The summed E-state index contributed by atoms with van der Waals surface area (Å²) >= 11 is 5.92. The van der Waals surface area contributed by atoms with Gasteiger partial charge in [-0.1, -0.05) is 0 Å². The third kappa shape index (κ3) is 4.17.